The highest BCUT2D eigenvalue weighted by molar-refractivity contribution is 6.31. The third kappa shape index (κ3) is 4.63. The second-order valence-electron chi connectivity index (χ2n) is 6.00. The number of halogens is 1. The summed E-state index contributed by atoms with van der Waals surface area (Å²) in [7, 11) is 0. The van der Waals surface area contributed by atoms with Crippen molar-refractivity contribution in [3.63, 3.8) is 0 Å². The molecule has 1 atom stereocenters. The molecule has 8 nitrogen and oxygen atoms in total. The average Bonchev–Trinajstić information content (AvgIpc) is 3.14. The van der Waals surface area contributed by atoms with Gasteiger partial charge in [-0.2, -0.15) is 5.10 Å². The highest BCUT2D eigenvalue weighted by Gasteiger charge is 2.31. The van der Waals surface area contributed by atoms with E-state index >= 15 is 0 Å². The Kier molecular flexibility index (Phi) is 6.79. The molecule has 1 fully saturated rings. The molecule has 0 unspecified atom stereocenters. The van der Waals surface area contributed by atoms with Gasteiger partial charge >= 0.3 is 12.0 Å². The Morgan fingerprint density at radius 1 is 1.46 bits per heavy atom. The number of aromatic nitrogens is 2. The predicted octanol–water partition coefficient (Wildman–Crippen LogP) is 2.14. The second-order valence-corrected chi connectivity index (χ2v) is 6.36. The van der Waals surface area contributed by atoms with Gasteiger partial charge in [0.05, 0.1) is 5.69 Å². The minimum Gasteiger partial charge on any atom is -0.449 e. The van der Waals surface area contributed by atoms with Gasteiger partial charge in [-0.3, -0.25) is 14.4 Å². The smallest absolute Gasteiger partial charge is 0.331 e. The summed E-state index contributed by atoms with van der Waals surface area (Å²) in [5.41, 5.74) is 1.34. The van der Waals surface area contributed by atoms with Crippen molar-refractivity contribution >= 4 is 35.6 Å². The van der Waals surface area contributed by atoms with Crippen LogP contribution >= 0.6 is 11.6 Å². The molecule has 1 aliphatic rings. The Balaban J connectivity index is 1.98. The van der Waals surface area contributed by atoms with Gasteiger partial charge in [0, 0.05) is 31.3 Å². The Morgan fingerprint density at radius 3 is 2.81 bits per heavy atom. The molecule has 1 N–H and O–H groups in total. The lowest BCUT2D eigenvalue weighted by atomic mass is 10.2. The lowest BCUT2D eigenvalue weighted by Crippen LogP contribution is -2.41. The number of unbranched alkanes of at least 4 members (excludes halogenated alkanes) is 1. The molecule has 0 aliphatic carbocycles. The van der Waals surface area contributed by atoms with Crippen molar-refractivity contribution in [2.24, 2.45) is 0 Å². The Hall–Kier alpha value is -2.35. The maximum atomic E-state index is 12.1. The van der Waals surface area contributed by atoms with Crippen LogP contribution < -0.4 is 5.32 Å². The number of hydrogen-bond acceptors (Lipinski definition) is 5. The van der Waals surface area contributed by atoms with E-state index in [1.54, 1.807) is 11.6 Å². The number of imide groups is 1. The largest absolute Gasteiger partial charge is 0.449 e. The molecule has 1 aliphatic heterocycles. The van der Waals surface area contributed by atoms with Gasteiger partial charge in [-0.1, -0.05) is 24.9 Å². The summed E-state index contributed by atoms with van der Waals surface area (Å²) in [6, 6.07) is -0.477. The van der Waals surface area contributed by atoms with Gasteiger partial charge < -0.3 is 10.1 Å². The van der Waals surface area contributed by atoms with Crippen LogP contribution in [0.2, 0.25) is 5.15 Å². The van der Waals surface area contributed by atoms with E-state index in [-0.39, 0.29) is 6.54 Å². The molecule has 0 radical (unpaired) electrons. The number of ether oxygens (including phenoxy) is 1. The van der Waals surface area contributed by atoms with Crippen LogP contribution in [-0.4, -0.2) is 51.8 Å². The summed E-state index contributed by atoms with van der Waals surface area (Å²) in [6.07, 6.45) is 3.65. The normalized spacial score (nSPS) is 15.4. The van der Waals surface area contributed by atoms with Gasteiger partial charge in [-0.05, 0) is 26.3 Å². The molecular formula is C17H23ClN4O4. The molecule has 0 bridgehead atoms. The highest BCUT2D eigenvalue weighted by atomic mass is 35.5. The van der Waals surface area contributed by atoms with Crippen LogP contribution in [0.4, 0.5) is 4.79 Å². The molecule has 0 spiro atoms. The van der Waals surface area contributed by atoms with Gasteiger partial charge in [-0.15, -0.1) is 0 Å². The van der Waals surface area contributed by atoms with E-state index in [0.717, 1.165) is 17.7 Å². The summed E-state index contributed by atoms with van der Waals surface area (Å²) < 4.78 is 6.78. The number of nitrogens with one attached hydrogen (secondary N) is 1. The summed E-state index contributed by atoms with van der Waals surface area (Å²) in [5, 5.41) is 7.33. The molecular weight excluding hydrogens is 360 g/mol. The molecule has 2 heterocycles. The Bertz CT molecular complexity index is 729. The van der Waals surface area contributed by atoms with Gasteiger partial charge in [0.25, 0.3) is 5.91 Å². The fourth-order valence-electron chi connectivity index (χ4n) is 2.53. The lowest BCUT2D eigenvalue weighted by molar-refractivity contribution is -0.153. The zero-order chi connectivity index (χ0) is 19.3. The number of carbonyl (C=O) groups excluding carboxylic acids is 3. The fourth-order valence-corrected chi connectivity index (χ4v) is 2.85. The molecule has 0 saturated carbocycles. The van der Waals surface area contributed by atoms with Crippen molar-refractivity contribution in [2.45, 2.75) is 46.3 Å². The number of urea groups is 1. The van der Waals surface area contributed by atoms with Crippen LogP contribution in [0.25, 0.3) is 6.08 Å². The molecule has 1 saturated heterocycles. The molecule has 2 rings (SSSR count). The third-order valence-corrected chi connectivity index (χ3v) is 4.38. The summed E-state index contributed by atoms with van der Waals surface area (Å²) in [5.74, 6) is -1.24. The van der Waals surface area contributed by atoms with Crippen LogP contribution in [0.15, 0.2) is 6.08 Å². The predicted molar refractivity (Wildman–Crippen MR) is 96.6 cm³/mol. The van der Waals surface area contributed by atoms with E-state index in [1.165, 1.54) is 19.1 Å². The first-order valence-corrected chi connectivity index (χ1v) is 8.93. The number of hydrogen-bond donors (Lipinski definition) is 1. The first-order chi connectivity index (χ1) is 12.3. The molecule has 142 valence electrons. The number of nitrogens with zero attached hydrogens (tertiary/aromatic N) is 3. The van der Waals surface area contributed by atoms with E-state index in [9.17, 15) is 14.4 Å². The highest BCUT2D eigenvalue weighted by Crippen LogP contribution is 2.22. The first kappa shape index (κ1) is 20.0. The number of rotatable bonds is 7. The molecule has 1 aromatic rings. The van der Waals surface area contributed by atoms with Gasteiger partial charge in [0.15, 0.2) is 6.10 Å². The zero-order valence-electron chi connectivity index (χ0n) is 15.1. The average molecular weight is 383 g/mol. The van der Waals surface area contributed by atoms with Crippen LogP contribution in [0.3, 0.4) is 0 Å². The van der Waals surface area contributed by atoms with Crippen molar-refractivity contribution in [1.29, 1.82) is 0 Å². The topological polar surface area (TPSA) is 93.5 Å². The standard InChI is InChI=1S/C17H23ClN4O4/c1-4-5-9-22-15(18)13(11(2)20-22)6-7-14(23)26-12(3)16(24)21-10-8-19-17(21)25/h6-7,12H,4-5,8-10H2,1-3H3,(H,19,25)/b7-6+/t12-/m0/s1. The quantitative estimate of drug-likeness (QED) is 0.576. The molecule has 9 heteroatoms. The van der Waals surface area contributed by atoms with E-state index in [1.807, 2.05) is 0 Å². The van der Waals surface area contributed by atoms with Crippen LogP contribution in [0.1, 0.15) is 37.9 Å². The van der Waals surface area contributed by atoms with Crippen molar-refractivity contribution in [2.75, 3.05) is 13.1 Å². The van der Waals surface area contributed by atoms with Crippen molar-refractivity contribution < 1.29 is 19.1 Å². The first-order valence-electron chi connectivity index (χ1n) is 8.56. The monoisotopic (exact) mass is 382 g/mol. The third-order valence-electron chi connectivity index (χ3n) is 3.98. The van der Waals surface area contributed by atoms with E-state index < -0.39 is 24.0 Å². The van der Waals surface area contributed by atoms with Gasteiger partial charge in [0.2, 0.25) is 0 Å². The maximum Gasteiger partial charge on any atom is 0.331 e. The second kappa shape index (κ2) is 8.84. The molecule has 3 amide bonds. The van der Waals surface area contributed by atoms with Gasteiger partial charge in [-0.25, -0.2) is 9.59 Å². The summed E-state index contributed by atoms with van der Waals surface area (Å²) in [4.78, 5) is 36.6. The van der Waals surface area contributed by atoms with Crippen molar-refractivity contribution in [3.8, 4) is 0 Å². The van der Waals surface area contributed by atoms with E-state index in [2.05, 4.69) is 17.3 Å². The summed E-state index contributed by atoms with van der Waals surface area (Å²) in [6.45, 7) is 6.68. The molecule has 0 aromatic carbocycles. The number of aryl methyl sites for hydroxylation is 2. The van der Waals surface area contributed by atoms with Crippen molar-refractivity contribution in [3.05, 3.63) is 22.5 Å². The number of carbonyl (C=O) groups is 3. The van der Waals surface area contributed by atoms with E-state index in [4.69, 9.17) is 16.3 Å². The van der Waals surface area contributed by atoms with Crippen molar-refractivity contribution in [1.82, 2.24) is 20.0 Å². The molecule has 26 heavy (non-hydrogen) atoms. The Morgan fingerprint density at radius 2 is 2.19 bits per heavy atom. The van der Waals surface area contributed by atoms with Gasteiger partial charge in [0.1, 0.15) is 5.15 Å². The zero-order valence-corrected chi connectivity index (χ0v) is 15.9. The van der Waals surface area contributed by atoms with Crippen LogP contribution in [-0.2, 0) is 20.9 Å². The van der Waals surface area contributed by atoms with E-state index in [0.29, 0.717) is 29.5 Å². The van der Waals surface area contributed by atoms with Crippen LogP contribution in [0.5, 0.6) is 0 Å². The minimum absolute atomic E-state index is 0.265. The summed E-state index contributed by atoms with van der Waals surface area (Å²) >= 11 is 6.30. The minimum atomic E-state index is -1.06. The SMILES string of the molecule is CCCCn1nc(C)c(/C=C/C(=O)O[C@@H](C)C(=O)N2CCNC2=O)c1Cl. The lowest BCUT2D eigenvalue weighted by Gasteiger charge is -2.17. The fraction of sp³-hybridized carbons (Fsp3) is 0.529. The number of amides is 3. The molecule has 1 aromatic heterocycles. The van der Waals surface area contributed by atoms with Crippen LogP contribution in [0, 0.1) is 6.92 Å². The maximum absolute atomic E-state index is 12.1. The number of esters is 1. The Labute approximate surface area is 157 Å².